The minimum absolute atomic E-state index is 0.627. The van der Waals surface area contributed by atoms with E-state index in [0.29, 0.717) is 5.92 Å². The van der Waals surface area contributed by atoms with Crippen LogP contribution in [0.5, 0.6) is 0 Å². The molecule has 0 aliphatic rings. The number of hydrogen-bond donors (Lipinski definition) is 0. The molecule has 0 saturated carbocycles. The molecule has 0 fully saturated rings. The number of halogens is 2. The van der Waals surface area contributed by atoms with Gasteiger partial charge in [-0.25, -0.2) is 0 Å². The van der Waals surface area contributed by atoms with Gasteiger partial charge in [0, 0.05) is 10.4 Å². The van der Waals surface area contributed by atoms with Crippen LogP contribution in [0.3, 0.4) is 0 Å². The summed E-state index contributed by atoms with van der Waals surface area (Å²) >= 11 is 9.36. The lowest BCUT2D eigenvalue weighted by atomic mass is 9.97. The van der Waals surface area contributed by atoms with Gasteiger partial charge in [0.05, 0.1) is 0 Å². The Labute approximate surface area is 93.4 Å². The Hall–Kier alpha value is -0.0100. The topological polar surface area (TPSA) is 0 Å². The molecule has 0 bridgehead atoms. The Kier molecular flexibility index (Phi) is 4.82. The monoisotopic (exact) mass is 260 g/mol. The molecule has 0 radical (unpaired) electrons. The second-order valence-corrected chi connectivity index (χ2v) is 4.28. The highest BCUT2D eigenvalue weighted by molar-refractivity contribution is 9.09. The van der Waals surface area contributed by atoms with E-state index in [9.17, 15) is 0 Å². The molecule has 1 aromatic rings. The highest BCUT2D eigenvalue weighted by Gasteiger charge is 2.07. The van der Waals surface area contributed by atoms with Gasteiger partial charge in [-0.3, -0.25) is 0 Å². The van der Waals surface area contributed by atoms with Crippen LogP contribution < -0.4 is 0 Å². The van der Waals surface area contributed by atoms with Gasteiger partial charge >= 0.3 is 0 Å². The summed E-state index contributed by atoms with van der Waals surface area (Å²) < 4.78 is 0. The standard InChI is InChI=1S/C11H14BrCl/c1-2-3-10(8-12)9-4-6-11(13)7-5-9/h4-7,10H,2-3,8H2,1H3. The molecule has 0 amide bonds. The predicted octanol–water partition coefficient (Wildman–Crippen LogP) is 4.62. The van der Waals surface area contributed by atoms with E-state index in [0.717, 1.165) is 10.4 Å². The van der Waals surface area contributed by atoms with Crippen molar-refractivity contribution in [1.29, 1.82) is 0 Å². The van der Waals surface area contributed by atoms with Gasteiger partial charge in [-0.15, -0.1) is 0 Å². The van der Waals surface area contributed by atoms with E-state index in [1.54, 1.807) is 0 Å². The van der Waals surface area contributed by atoms with Crippen LogP contribution in [-0.2, 0) is 0 Å². The summed E-state index contributed by atoms with van der Waals surface area (Å²) in [5.74, 6) is 0.627. The number of benzene rings is 1. The molecule has 0 heterocycles. The summed E-state index contributed by atoms with van der Waals surface area (Å²) in [6, 6.07) is 8.15. The average molecular weight is 262 g/mol. The van der Waals surface area contributed by atoms with Crippen LogP contribution >= 0.6 is 27.5 Å². The van der Waals surface area contributed by atoms with Gasteiger partial charge in [-0.1, -0.05) is 53.0 Å². The Morgan fingerprint density at radius 2 is 1.92 bits per heavy atom. The lowest BCUT2D eigenvalue weighted by molar-refractivity contribution is 0.676. The highest BCUT2D eigenvalue weighted by Crippen LogP contribution is 2.24. The van der Waals surface area contributed by atoms with E-state index in [1.165, 1.54) is 18.4 Å². The largest absolute Gasteiger partial charge is 0.0921 e. The second-order valence-electron chi connectivity index (χ2n) is 3.19. The van der Waals surface area contributed by atoms with Crippen molar-refractivity contribution < 1.29 is 0 Å². The average Bonchev–Trinajstić information content (AvgIpc) is 2.16. The SMILES string of the molecule is CCCC(CBr)c1ccc(Cl)cc1. The maximum atomic E-state index is 5.82. The Bertz CT molecular complexity index is 243. The summed E-state index contributed by atoms with van der Waals surface area (Å²) in [4.78, 5) is 0. The van der Waals surface area contributed by atoms with Crippen molar-refractivity contribution in [2.75, 3.05) is 5.33 Å². The number of hydrogen-bond acceptors (Lipinski definition) is 0. The summed E-state index contributed by atoms with van der Waals surface area (Å²) in [7, 11) is 0. The van der Waals surface area contributed by atoms with E-state index in [4.69, 9.17) is 11.6 Å². The zero-order chi connectivity index (χ0) is 9.68. The van der Waals surface area contributed by atoms with Crippen LogP contribution in [0.4, 0.5) is 0 Å². The molecule has 72 valence electrons. The lowest BCUT2D eigenvalue weighted by Gasteiger charge is -2.12. The Morgan fingerprint density at radius 1 is 1.31 bits per heavy atom. The van der Waals surface area contributed by atoms with Crippen molar-refractivity contribution in [3.8, 4) is 0 Å². The first-order chi connectivity index (χ1) is 6.27. The molecule has 2 heteroatoms. The second kappa shape index (κ2) is 5.66. The smallest absolute Gasteiger partial charge is 0.0406 e. The van der Waals surface area contributed by atoms with Gasteiger partial charge in [0.2, 0.25) is 0 Å². The maximum absolute atomic E-state index is 5.82. The molecule has 1 rings (SSSR count). The highest BCUT2D eigenvalue weighted by atomic mass is 79.9. The number of rotatable bonds is 4. The van der Waals surface area contributed by atoms with E-state index in [1.807, 2.05) is 12.1 Å². The van der Waals surface area contributed by atoms with Crippen molar-refractivity contribution >= 4 is 27.5 Å². The van der Waals surface area contributed by atoms with Gasteiger partial charge in [0.25, 0.3) is 0 Å². The fraction of sp³-hybridized carbons (Fsp3) is 0.455. The molecular weight excluding hydrogens is 247 g/mol. The van der Waals surface area contributed by atoms with Crippen molar-refractivity contribution in [1.82, 2.24) is 0 Å². The van der Waals surface area contributed by atoms with Crippen molar-refractivity contribution in [2.45, 2.75) is 25.7 Å². The molecule has 0 aliphatic carbocycles. The summed E-state index contributed by atoms with van der Waals surface area (Å²) in [5.41, 5.74) is 1.38. The van der Waals surface area contributed by atoms with Crippen LogP contribution in [0, 0.1) is 0 Å². The van der Waals surface area contributed by atoms with E-state index < -0.39 is 0 Å². The van der Waals surface area contributed by atoms with E-state index in [2.05, 4.69) is 35.0 Å². The first-order valence-corrected chi connectivity index (χ1v) is 6.09. The Balaban J connectivity index is 2.73. The molecule has 0 aromatic heterocycles. The first kappa shape index (κ1) is 11.1. The fourth-order valence-corrected chi connectivity index (χ4v) is 2.24. The molecule has 13 heavy (non-hydrogen) atoms. The van der Waals surface area contributed by atoms with E-state index >= 15 is 0 Å². The summed E-state index contributed by atoms with van der Waals surface area (Å²) in [6.45, 7) is 2.21. The minimum atomic E-state index is 0.627. The predicted molar refractivity (Wildman–Crippen MR) is 62.9 cm³/mol. The summed E-state index contributed by atoms with van der Waals surface area (Å²) in [5, 5.41) is 1.84. The zero-order valence-corrected chi connectivity index (χ0v) is 10.1. The molecule has 0 nitrogen and oxygen atoms in total. The third-order valence-corrected chi connectivity index (χ3v) is 3.20. The van der Waals surface area contributed by atoms with Gasteiger partial charge in [-0.05, 0) is 30.0 Å². The minimum Gasteiger partial charge on any atom is -0.0921 e. The van der Waals surface area contributed by atoms with Gasteiger partial charge < -0.3 is 0 Å². The lowest BCUT2D eigenvalue weighted by Crippen LogP contribution is -1.99. The van der Waals surface area contributed by atoms with Crippen molar-refractivity contribution in [2.24, 2.45) is 0 Å². The van der Waals surface area contributed by atoms with Crippen LogP contribution in [0.15, 0.2) is 24.3 Å². The molecule has 1 aromatic carbocycles. The quantitative estimate of drug-likeness (QED) is 0.694. The van der Waals surface area contributed by atoms with Crippen LogP contribution in [0.2, 0.25) is 5.02 Å². The maximum Gasteiger partial charge on any atom is 0.0406 e. The van der Waals surface area contributed by atoms with Crippen LogP contribution in [0.25, 0.3) is 0 Å². The van der Waals surface area contributed by atoms with Crippen LogP contribution in [-0.4, -0.2) is 5.33 Å². The third kappa shape index (κ3) is 3.32. The van der Waals surface area contributed by atoms with Gasteiger partial charge in [0.15, 0.2) is 0 Å². The number of alkyl halides is 1. The molecule has 0 saturated heterocycles. The van der Waals surface area contributed by atoms with Crippen molar-refractivity contribution in [3.63, 3.8) is 0 Å². The zero-order valence-electron chi connectivity index (χ0n) is 7.76. The molecule has 1 atom stereocenters. The molecule has 1 unspecified atom stereocenters. The van der Waals surface area contributed by atoms with Crippen LogP contribution in [0.1, 0.15) is 31.2 Å². The fourth-order valence-electron chi connectivity index (χ4n) is 1.42. The Morgan fingerprint density at radius 3 is 2.38 bits per heavy atom. The van der Waals surface area contributed by atoms with Gasteiger partial charge in [-0.2, -0.15) is 0 Å². The molecule has 0 aliphatic heterocycles. The molecular formula is C11H14BrCl. The molecule has 0 spiro atoms. The summed E-state index contributed by atoms with van der Waals surface area (Å²) in [6.07, 6.45) is 2.45. The van der Waals surface area contributed by atoms with Crippen molar-refractivity contribution in [3.05, 3.63) is 34.9 Å². The van der Waals surface area contributed by atoms with E-state index in [-0.39, 0.29) is 0 Å². The van der Waals surface area contributed by atoms with Gasteiger partial charge in [0.1, 0.15) is 0 Å². The molecule has 0 N–H and O–H groups in total. The normalized spacial score (nSPS) is 12.8. The third-order valence-electron chi connectivity index (χ3n) is 2.16. The first-order valence-electron chi connectivity index (χ1n) is 4.59.